The zero-order valence-electron chi connectivity index (χ0n) is 12.4. The number of nitrogens with two attached hydrogens (primary N) is 1. The van der Waals surface area contributed by atoms with Gasteiger partial charge >= 0.3 is 0 Å². The van der Waals surface area contributed by atoms with Crippen molar-refractivity contribution in [3.63, 3.8) is 0 Å². The van der Waals surface area contributed by atoms with Crippen LogP contribution in [-0.4, -0.2) is 17.6 Å². The van der Waals surface area contributed by atoms with E-state index >= 15 is 0 Å². The molecule has 2 aromatic rings. The summed E-state index contributed by atoms with van der Waals surface area (Å²) in [6.07, 6.45) is 2.30. The second-order valence-electron chi connectivity index (χ2n) is 5.08. The van der Waals surface area contributed by atoms with Gasteiger partial charge in [0.2, 0.25) is 0 Å². The Morgan fingerprint density at radius 2 is 2.24 bits per heavy atom. The quantitative estimate of drug-likeness (QED) is 0.851. The third-order valence-corrected chi connectivity index (χ3v) is 4.46. The van der Waals surface area contributed by atoms with Gasteiger partial charge in [-0.3, -0.25) is 0 Å². The third-order valence-electron chi connectivity index (χ3n) is 3.46. The maximum Gasteiger partial charge on any atom is 0.123 e. The highest BCUT2D eigenvalue weighted by Gasteiger charge is 2.10. The number of hydrogen-bond donors (Lipinski definition) is 1. The van der Waals surface area contributed by atoms with Crippen molar-refractivity contribution in [1.29, 1.82) is 0 Å². The van der Waals surface area contributed by atoms with Gasteiger partial charge in [-0.1, -0.05) is 6.92 Å². The van der Waals surface area contributed by atoms with E-state index in [2.05, 4.69) is 4.98 Å². The third kappa shape index (κ3) is 4.51. The molecule has 114 valence electrons. The van der Waals surface area contributed by atoms with Crippen LogP contribution in [0.3, 0.4) is 0 Å². The minimum absolute atomic E-state index is 0.0258. The Bertz CT molecular complexity index is 585. The number of thiazole rings is 1. The van der Waals surface area contributed by atoms with Crippen molar-refractivity contribution >= 4 is 11.3 Å². The monoisotopic (exact) mass is 308 g/mol. The number of halogens is 1. The van der Waals surface area contributed by atoms with Crippen molar-refractivity contribution < 1.29 is 9.13 Å². The van der Waals surface area contributed by atoms with Gasteiger partial charge in [0.25, 0.3) is 0 Å². The molecular formula is C16H21FN2OS. The van der Waals surface area contributed by atoms with Crippen molar-refractivity contribution in [3.8, 4) is 5.75 Å². The molecule has 0 aliphatic rings. The first-order valence-electron chi connectivity index (χ1n) is 7.16. The van der Waals surface area contributed by atoms with Crippen molar-refractivity contribution in [2.24, 2.45) is 5.73 Å². The van der Waals surface area contributed by atoms with Crippen molar-refractivity contribution in [3.05, 3.63) is 45.7 Å². The Morgan fingerprint density at radius 3 is 2.90 bits per heavy atom. The first-order chi connectivity index (χ1) is 10.1. The van der Waals surface area contributed by atoms with Crippen LogP contribution in [-0.2, 0) is 12.8 Å². The highest BCUT2D eigenvalue weighted by atomic mass is 32.1. The van der Waals surface area contributed by atoms with Crippen molar-refractivity contribution in [2.45, 2.75) is 39.2 Å². The summed E-state index contributed by atoms with van der Waals surface area (Å²) in [5.74, 6) is 0.474. The highest BCUT2D eigenvalue weighted by Crippen LogP contribution is 2.22. The summed E-state index contributed by atoms with van der Waals surface area (Å²) < 4.78 is 19.2. The van der Waals surface area contributed by atoms with E-state index in [-0.39, 0.29) is 11.9 Å². The lowest BCUT2D eigenvalue weighted by molar-refractivity contribution is 0.317. The Labute approximate surface area is 129 Å². The number of aryl methyl sites for hydroxylation is 1. The number of nitrogens with zero attached hydrogens (tertiary/aromatic N) is 1. The first-order valence-corrected chi connectivity index (χ1v) is 8.04. The minimum atomic E-state index is -0.251. The summed E-state index contributed by atoms with van der Waals surface area (Å²) in [7, 11) is 0. The second-order valence-corrected chi connectivity index (χ2v) is 6.02. The average Bonchev–Trinajstić information content (AvgIpc) is 2.86. The zero-order chi connectivity index (χ0) is 15.2. The molecule has 1 unspecified atom stereocenters. The summed E-state index contributed by atoms with van der Waals surface area (Å²) in [6, 6.07) is 4.65. The van der Waals surface area contributed by atoms with Gasteiger partial charge in [0, 0.05) is 17.3 Å². The van der Waals surface area contributed by atoms with E-state index in [0.717, 1.165) is 29.8 Å². The fourth-order valence-electron chi connectivity index (χ4n) is 2.09. The molecule has 2 N–H and O–H groups in total. The number of rotatable bonds is 7. The van der Waals surface area contributed by atoms with Crippen LogP contribution in [0, 0.1) is 12.7 Å². The Kier molecular flexibility index (Phi) is 5.70. The fourth-order valence-corrected chi connectivity index (χ4v) is 2.86. The SMILES string of the molecule is CCC(N)Cc1cc(F)ccc1OCCc1scnc1C. The van der Waals surface area contributed by atoms with Gasteiger partial charge in [0.15, 0.2) is 0 Å². The van der Waals surface area contributed by atoms with Crippen LogP contribution in [0.5, 0.6) is 5.75 Å². The van der Waals surface area contributed by atoms with Gasteiger partial charge in [-0.05, 0) is 43.5 Å². The second kappa shape index (κ2) is 7.52. The molecule has 0 saturated heterocycles. The highest BCUT2D eigenvalue weighted by molar-refractivity contribution is 7.09. The fraction of sp³-hybridized carbons (Fsp3) is 0.438. The molecule has 0 amide bonds. The molecular weight excluding hydrogens is 287 g/mol. The van der Waals surface area contributed by atoms with E-state index in [1.54, 1.807) is 17.4 Å². The van der Waals surface area contributed by atoms with Crippen LogP contribution >= 0.6 is 11.3 Å². The predicted molar refractivity (Wildman–Crippen MR) is 84.4 cm³/mol. The molecule has 0 bridgehead atoms. The topological polar surface area (TPSA) is 48.1 Å². The molecule has 21 heavy (non-hydrogen) atoms. The molecule has 0 radical (unpaired) electrons. The van der Waals surface area contributed by atoms with Gasteiger partial charge < -0.3 is 10.5 Å². The molecule has 0 aliphatic heterocycles. The standard InChI is InChI=1S/C16H21FN2OS/c1-3-14(18)9-12-8-13(17)4-5-15(12)20-7-6-16-11(2)19-10-21-16/h4-5,8,10,14H,3,6-7,9,18H2,1-2H3. The molecule has 0 fully saturated rings. The van der Waals surface area contributed by atoms with Crippen LogP contribution in [0.15, 0.2) is 23.7 Å². The maximum absolute atomic E-state index is 13.4. The largest absolute Gasteiger partial charge is 0.493 e. The predicted octanol–water partition coefficient (Wildman–Crippen LogP) is 3.49. The summed E-state index contributed by atoms with van der Waals surface area (Å²) >= 11 is 1.63. The Balaban J connectivity index is 2.00. The summed E-state index contributed by atoms with van der Waals surface area (Å²) in [5, 5.41) is 0. The van der Waals surface area contributed by atoms with E-state index in [9.17, 15) is 4.39 Å². The van der Waals surface area contributed by atoms with Gasteiger partial charge in [-0.15, -0.1) is 11.3 Å². The van der Waals surface area contributed by atoms with Crippen molar-refractivity contribution in [1.82, 2.24) is 4.98 Å². The molecule has 0 spiro atoms. The zero-order valence-corrected chi connectivity index (χ0v) is 13.3. The molecule has 1 aromatic carbocycles. The number of ether oxygens (including phenoxy) is 1. The molecule has 0 saturated carbocycles. The van der Waals surface area contributed by atoms with E-state index in [0.29, 0.717) is 13.0 Å². The lowest BCUT2D eigenvalue weighted by atomic mass is 10.0. The van der Waals surface area contributed by atoms with Crippen LogP contribution in [0.2, 0.25) is 0 Å². The van der Waals surface area contributed by atoms with E-state index < -0.39 is 0 Å². The van der Waals surface area contributed by atoms with E-state index in [1.165, 1.54) is 17.0 Å². The smallest absolute Gasteiger partial charge is 0.123 e. The Morgan fingerprint density at radius 1 is 1.43 bits per heavy atom. The summed E-state index contributed by atoms with van der Waals surface area (Å²) in [4.78, 5) is 5.44. The van der Waals surface area contributed by atoms with Crippen LogP contribution in [0.1, 0.15) is 29.5 Å². The summed E-state index contributed by atoms with van der Waals surface area (Å²) in [6.45, 7) is 4.58. The average molecular weight is 308 g/mol. The molecule has 3 nitrogen and oxygen atoms in total. The van der Waals surface area contributed by atoms with E-state index in [1.807, 2.05) is 19.4 Å². The molecule has 5 heteroatoms. The maximum atomic E-state index is 13.4. The molecule has 0 aliphatic carbocycles. The molecule has 2 rings (SSSR count). The van der Waals surface area contributed by atoms with E-state index in [4.69, 9.17) is 10.5 Å². The van der Waals surface area contributed by atoms with Gasteiger partial charge in [-0.2, -0.15) is 0 Å². The lowest BCUT2D eigenvalue weighted by Crippen LogP contribution is -2.22. The van der Waals surface area contributed by atoms with Gasteiger partial charge in [-0.25, -0.2) is 9.37 Å². The number of benzene rings is 1. The molecule has 1 atom stereocenters. The molecule has 1 aromatic heterocycles. The Hall–Kier alpha value is -1.46. The molecule has 1 heterocycles. The van der Waals surface area contributed by atoms with Gasteiger partial charge in [0.05, 0.1) is 17.8 Å². The van der Waals surface area contributed by atoms with Crippen LogP contribution in [0.4, 0.5) is 4.39 Å². The van der Waals surface area contributed by atoms with Crippen LogP contribution < -0.4 is 10.5 Å². The normalized spacial score (nSPS) is 12.4. The minimum Gasteiger partial charge on any atom is -0.493 e. The first kappa shape index (κ1) is 15.9. The summed E-state index contributed by atoms with van der Waals surface area (Å²) in [5.41, 5.74) is 9.70. The van der Waals surface area contributed by atoms with Crippen molar-refractivity contribution in [2.75, 3.05) is 6.61 Å². The number of aromatic nitrogens is 1. The van der Waals surface area contributed by atoms with Crippen LogP contribution in [0.25, 0.3) is 0 Å². The van der Waals surface area contributed by atoms with Gasteiger partial charge in [0.1, 0.15) is 11.6 Å². The lowest BCUT2D eigenvalue weighted by Gasteiger charge is -2.14. The number of hydrogen-bond acceptors (Lipinski definition) is 4.